The predicted molar refractivity (Wildman–Crippen MR) is 159 cm³/mol. The van der Waals surface area contributed by atoms with Crippen molar-refractivity contribution in [2.24, 2.45) is 9.98 Å². The second-order valence-corrected chi connectivity index (χ2v) is 11.9. The standard InChI is InChI=1S/C29H38Br2N4O2/c30-26-14-22(28(36)24(16-26)20-34-10-3-1-4-11-34)18-32-8-7-9-33-19-23-15-27(31)17-25(29(23)37)21-35-12-5-2-6-13-35/h14-19,36-37H,1-13,20-21H2. The van der Waals surface area contributed by atoms with Crippen molar-refractivity contribution in [3.8, 4) is 11.5 Å². The second kappa shape index (κ2) is 14.4. The molecule has 0 atom stereocenters. The molecule has 2 aliphatic rings. The highest BCUT2D eigenvalue weighted by Crippen LogP contribution is 2.29. The molecule has 0 bridgehead atoms. The first-order valence-corrected chi connectivity index (χ1v) is 15.1. The Morgan fingerprint density at radius 3 is 1.46 bits per heavy atom. The van der Waals surface area contributed by atoms with Gasteiger partial charge in [-0.2, -0.15) is 0 Å². The van der Waals surface area contributed by atoms with Crippen LogP contribution in [0.15, 0.2) is 43.2 Å². The minimum absolute atomic E-state index is 0.320. The summed E-state index contributed by atoms with van der Waals surface area (Å²) in [4.78, 5) is 13.9. The molecule has 0 saturated carbocycles. The SMILES string of the molecule is Oc1c(C=NCCCN=Cc2cc(Br)cc(CN3CCCCC3)c2O)cc(Br)cc1CN1CCCCC1. The van der Waals surface area contributed by atoms with Crippen LogP contribution >= 0.6 is 31.9 Å². The van der Waals surface area contributed by atoms with E-state index in [0.29, 0.717) is 24.6 Å². The first-order valence-electron chi connectivity index (χ1n) is 13.5. The van der Waals surface area contributed by atoms with Gasteiger partial charge in [0.25, 0.3) is 0 Å². The van der Waals surface area contributed by atoms with E-state index < -0.39 is 0 Å². The molecule has 2 aromatic rings. The molecule has 4 rings (SSSR count). The highest BCUT2D eigenvalue weighted by atomic mass is 79.9. The minimum atomic E-state index is 0.320. The third-order valence-corrected chi connectivity index (χ3v) is 8.00. The van der Waals surface area contributed by atoms with Crippen LogP contribution in [0.4, 0.5) is 0 Å². The highest BCUT2D eigenvalue weighted by Gasteiger charge is 2.16. The Bertz CT molecular complexity index is 1010. The average molecular weight is 634 g/mol. The predicted octanol–water partition coefficient (Wildman–Crippen LogP) is 6.52. The molecular weight excluding hydrogens is 596 g/mol. The molecule has 0 amide bonds. The lowest BCUT2D eigenvalue weighted by atomic mass is 10.1. The Kier molecular flexibility index (Phi) is 11.0. The van der Waals surface area contributed by atoms with E-state index in [1.165, 1.54) is 38.5 Å². The van der Waals surface area contributed by atoms with Crippen molar-refractivity contribution < 1.29 is 10.2 Å². The lowest BCUT2D eigenvalue weighted by molar-refractivity contribution is 0.218. The highest BCUT2D eigenvalue weighted by molar-refractivity contribution is 9.10. The Labute approximate surface area is 237 Å². The van der Waals surface area contributed by atoms with Gasteiger partial charge in [-0.05, 0) is 82.5 Å². The van der Waals surface area contributed by atoms with Gasteiger partial charge in [0.05, 0.1) is 0 Å². The van der Waals surface area contributed by atoms with Crippen LogP contribution in [-0.2, 0) is 13.1 Å². The maximum atomic E-state index is 10.8. The summed E-state index contributed by atoms with van der Waals surface area (Å²) in [6.45, 7) is 7.14. The van der Waals surface area contributed by atoms with Crippen LogP contribution in [0.25, 0.3) is 0 Å². The summed E-state index contributed by atoms with van der Waals surface area (Å²) >= 11 is 7.17. The Morgan fingerprint density at radius 1 is 0.649 bits per heavy atom. The van der Waals surface area contributed by atoms with Gasteiger partial charge < -0.3 is 10.2 Å². The van der Waals surface area contributed by atoms with E-state index >= 15 is 0 Å². The van der Waals surface area contributed by atoms with Crippen LogP contribution in [0.2, 0.25) is 0 Å². The van der Waals surface area contributed by atoms with Crippen molar-refractivity contribution in [2.45, 2.75) is 58.0 Å². The van der Waals surface area contributed by atoms with Gasteiger partial charge in [0.2, 0.25) is 0 Å². The molecule has 2 fully saturated rings. The third kappa shape index (κ3) is 8.63. The Hall–Kier alpha value is -1.74. The van der Waals surface area contributed by atoms with Gasteiger partial charge in [0.1, 0.15) is 11.5 Å². The average Bonchev–Trinajstić information content (AvgIpc) is 2.89. The molecule has 37 heavy (non-hydrogen) atoms. The summed E-state index contributed by atoms with van der Waals surface area (Å²) in [5.41, 5.74) is 3.36. The van der Waals surface area contributed by atoms with Crippen molar-refractivity contribution in [3.63, 3.8) is 0 Å². The van der Waals surface area contributed by atoms with Crippen LogP contribution < -0.4 is 0 Å². The van der Waals surface area contributed by atoms with Crippen molar-refractivity contribution in [3.05, 3.63) is 55.5 Å². The molecule has 8 heteroatoms. The van der Waals surface area contributed by atoms with E-state index in [1.54, 1.807) is 12.4 Å². The van der Waals surface area contributed by atoms with E-state index in [0.717, 1.165) is 76.9 Å². The van der Waals surface area contributed by atoms with Gasteiger partial charge in [0, 0.05) is 69.8 Å². The molecule has 6 nitrogen and oxygen atoms in total. The number of hydrogen-bond donors (Lipinski definition) is 2. The number of aliphatic imine (C=N–C) groups is 2. The fraction of sp³-hybridized carbons (Fsp3) is 0.517. The van der Waals surface area contributed by atoms with E-state index in [2.05, 4.69) is 51.6 Å². The molecule has 2 aliphatic heterocycles. The summed E-state index contributed by atoms with van der Waals surface area (Å²) in [5.74, 6) is 0.641. The zero-order valence-corrected chi connectivity index (χ0v) is 24.7. The molecule has 0 spiro atoms. The molecule has 2 aromatic carbocycles. The third-order valence-electron chi connectivity index (χ3n) is 7.09. The van der Waals surface area contributed by atoms with E-state index in [4.69, 9.17) is 0 Å². The maximum absolute atomic E-state index is 10.8. The van der Waals surface area contributed by atoms with Crippen molar-refractivity contribution in [1.82, 2.24) is 9.80 Å². The van der Waals surface area contributed by atoms with Crippen LogP contribution in [-0.4, -0.2) is 71.7 Å². The monoisotopic (exact) mass is 632 g/mol. The number of halogens is 2. The van der Waals surface area contributed by atoms with Gasteiger partial charge >= 0.3 is 0 Å². The zero-order valence-electron chi connectivity index (χ0n) is 21.5. The van der Waals surface area contributed by atoms with Crippen LogP contribution in [0.1, 0.15) is 67.2 Å². The molecule has 2 saturated heterocycles. The molecule has 2 N–H and O–H groups in total. The normalized spacial score (nSPS) is 17.8. The number of piperidine rings is 2. The fourth-order valence-electron chi connectivity index (χ4n) is 5.09. The number of hydrogen-bond acceptors (Lipinski definition) is 6. The molecular formula is C29H38Br2N4O2. The number of rotatable bonds is 10. The maximum Gasteiger partial charge on any atom is 0.128 e. The summed E-state index contributed by atoms with van der Waals surface area (Å²) in [6.07, 6.45) is 11.8. The summed E-state index contributed by atoms with van der Waals surface area (Å²) < 4.78 is 1.91. The molecule has 0 unspecified atom stereocenters. The van der Waals surface area contributed by atoms with Gasteiger partial charge in [-0.15, -0.1) is 0 Å². The number of nitrogens with zero attached hydrogens (tertiary/aromatic N) is 4. The summed E-state index contributed by atoms with van der Waals surface area (Å²) in [7, 11) is 0. The molecule has 0 aromatic heterocycles. The van der Waals surface area contributed by atoms with E-state index in [-0.39, 0.29) is 0 Å². The Morgan fingerprint density at radius 2 is 1.05 bits per heavy atom. The van der Waals surface area contributed by atoms with Crippen LogP contribution in [0, 0.1) is 0 Å². The number of phenols is 2. The van der Waals surface area contributed by atoms with E-state index in [1.807, 2.05) is 24.3 Å². The van der Waals surface area contributed by atoms with Gasteiger partial charge in [-0.3, -0.25) is 19.8 Å². The van der Waals surface area contributed by atoms with Gasteiger partial charge in [0.15, 0.2) is 0 Å². The lowest BCUT2D eigenvalue weighted by Gasteiger charge is -2.27. The summed E-state index contributed by atoms with van der Waals surface area (Å²) in [5, 5.41) is 21.6. The van der Waals surface area contributed by atoms with Crippen LogP contribution in [0.5, 0.6) is 11.5 Å². The summed E-state index contributed by atoms with van der Waals surface area (Å²) in [6, 6.07) is 7.83. The smallest absolute Gasteiger partial charge is 0.128 e. The topological polar surface area (TPSA) is 71.7 Å². The first-order chi connectivity index (χ1) is 18.0. The fourth-order valence-corrected chi connectivity index (χ4v) is 6.14. The molecule has 0 radical (unpaired) electrons. The lowest BCUT2D eigenvalue weighted by Crippen LogP contribution is -2.29. The number of likely N-dealkylation sites (tertiary alicyclic amines) is 2. The number of aromatic hydroxyl groups is 2. The molecule has 2 heterocycles. The van der Waals surface area contributed by atoms with Gasteiger partial charge in [-0.25, -0.2) is 0 Å². The second-order valence-electron chi connectivity index (χ2n) is 10.1. The van der Waals surface area contributed by atoms with Crippen molar-refractivity contribution in [2.75, 3.05) is 39.3 Å². The Balaban J connectivity index is 1.28. The minimum Gasteiger partial charge on any atom is -0.507 e. The molecule has 200 valence electrons. The van der Waals surface area contributed by atoms with Crippen LogP contribution in [0.3, 0.4) is 0 Å². The zero-order chi connectivity index (χ0) is 26.0. The number of benzene rings is 2. The number of phenolic OH excluding ortho intramolecular Hbond substituents is 2. The van der Waals surface area contributed by atoms with E-state index in [9.17, 15) is 10.2 Å². The van der Waals surface area contributed by atoms with Gasteiger partial charge in [-0.1, -0.05) is 44.7 Å². The molecule has 0 aliphatic carbocycles. The quantitative estimate of drug-likeness (QED) is 0.231. The van der Waals surface area contributed by atoms with Crippen molar-refractivity contribution in [1.29, 1.82) is 0 Å². The largest absolute Gasteiger partial charge is 0.507 e. The van der Waals surface area contributed by atoms with Crippen molar-refractivity contribution >= 4 is 44.3 Å². The first kappa shape index (κ1) is 28.3.